The van der Waals surface area contributed by atoms with E-state index >= 15 is 0 Å². The number of amides is 2. The quantitative estimate of drug-likeness (QED) is 0.393. The molecule has 0 N–H and O–H groups in total. The molecular formula is C19H24N2O2S3. The predicted octanol–water partition coefficient (Wildman–Crippen LogP) is 3.95. The maximum Gasteiger partial charge on any atom is 0.267 e. The molecule has 4 nitrogen and oxygen atoms in total. The zero-order valence-corrected chi connectivity index (χ0v) is 18.2. The van der Waals surface area contributed by atoms with E-state index in [4.69, 9.17) is 12.2 Å². The Kier molecular flexibility index (Phi) is 5.43. The number of thioether (sulfide) groups is 2. The Bertz CT molecular complexity index is 733. The number of rotatable bonds is 2. The SMILES string of the molecule is CCN1C(=O)C(=C2SC3C=CC(C(C)(C)C)=CC3S2)C(=O)N(CC)C1=S. The molecule has 2 atom stereocenters. The molecule has 3 rings (SSSR count). The minimum Gasteiger partial charge on any atom is -0.285 e. The van der Waals surface area contributed by atoms with Crippen LogP contribution in [0.5, 0.6) is 0 Å². The average molecular weight is 409 g/mol. The molecule has 3 aliphatic rings. The van der Waals surface area contributed by atoms with Crippen LogP contribution in [-0.2, 0) is 9.59 Å². The number of fused-ring (bicyclic) bond motifs is 1. The Hall–Kier alpha value is -1.05. The number of carbonyl (C=O) groups excluding carboxylic acids is 2. The molecular weight excluding hydrogens is 384 g/mol. The molecule has 2 saturated heterocycles. The van der Waals surface area contributed by atoms with Crippen molar-refractivity contribution in [3.63, 3.8) is 0 Å². The number of carbonyl (C=O) groups is 2. The van der Waals surface area contributed by atoms with Crippen molar-refractivity contribution in [2.24, 2.45) is 5.41 Å². The highest BCUT2D eigenvalue weighted by Gasteiger charge is 2.43. The Morgan fingerprint density at radius 1 is 1.04 bits per heavy atom. The summed E-state index contributed by atoms with van der Waals surface area (Å²) >= 11 is 8.59. The van der Waals surface area contributed by atoms with Gasteiger partial charge in [0.1, 0.15) is 5.57 Å². The summed E-state index contributed by atoms with van der Waals surface area (Å²) < 4.78 is 0.824. The molecule has 2 amide bonds. The first-order valence-electron chi connectivity index (χ1n) is 8.84. The molecule has 0 spiro atoms. The van der Waals surface area contributed by atoms with Crippen LogP contribution in [0.3, 0.4) is 0 Å². The van der Waals surface area contributed by atoms with Gasteiger partial charge < -0.3 is 0 Å². The molecule has 2 heterocycles. The van der Waals surface area contributed by atoms with Crippen molar-refractivity contribution in [1.82, 2.24) is 9.80 Å². The molecule has 0 saturated carbocycles. The smallest absolute Gasteiger partial charge is 0.267 e. The highest BCUT2D eigenvalue weighted by molar-refractivity contribution is 8.26. The van der Waals surface area contributed by atoms with Crippen LogP contribution in [0.4, 0.5) is 0 Å². The lowest BCUT2D eigenvalue weighted by Crippen LogP contribution is -2.56. The van der Waals surface area contributed by atoms with Gasteiger partial charge in [-0.1, -0.05) is 39.0 Å². The van der Waals surface area contributed by atoms with Crippen molar-refractivity contribution in [3.05, 3.63) is 33.6 Å². The fourth-order valence-electron chi connectivity index (χ4n) is 3.15. The molecule has 2 unspecified atom stereocenters. The van der Waals surface area contributed by atoms with Crippen LogP contribution >= 0.6 is 35.7 Å². The number of thiocarbonyl (C=S) groups is 1. The first-order chi connectivity index (χ1) is 12.2. The van der Waals surface area contributed by atoms with Crippen molar-refractivity contribution in [2.45, 2.75) is 45.1 Å². The second-order valence-electron chi connectivity index (χ2n) is 7.44. The van der Waals surface area contributed by atoms with Crippen molar-refractivity contribution in [2.75, 3.05) is 13.1 Å². The van der Waals surface area contributed by atoms with Gasteiger partial charge in [0.05, 0.1) is 4.24 Å². The van der Waals surface area contributed by atoms with Gasteiger partial charge in [0, 0.05) is 23.6 Å². The molecule has 1 aliphatic carbocycles. The van der Waals surface area contributed by atoms with Gasteiger partial charge in [0.2, 0.25) is 0 Å². The lowest BCUT2D eigenvalue weighted by molar-refractivity contribution is -0.133. The number of allylic oxidation sites excluding steroid dienone is 2. The summed E-state index contributed by atoms with van der Waals surface area (Å²) in [5.74, 6) is -0.519. The van der Waals surface area contributed by atoms with Gasteiger partial charge in [-0.15, -0.1) is 23.5 Å². The minimum absolute atomic E-state index is 0.0866. The number of likely N-dealkylation sites (N-methyl/N-ethyl adjacent to an activating group) is 2. The normalized spacial score (nSPS) is 26.7. The number of hydrogen-bond donors (Lipinski definition) is 0. The van der Waals surface area contributed by atoms with E-state index in [-0.39, 0.29) is 33.3 Å². The van der Waals surface area contributed by atoms with Gasteiger partial charge in [-0.3, -0.25) is 19.4 Å². The monoisotopic (exact) mass is 408 g/mol. The molecule has 26 heavy (non-hydrogen) atoms. The van der Waals surface area contributed by atoms with E-state index in [1.807, 2.05) is 13.8 Å². The molecule has 0 bridgehead atoms. The average Bonchev–Trinajstić information content (AvgIpc) is 2.97. The molecule has 7 heteroatoms. The minimum atomic E-state index is -0.259. The van der Waals surface area contributed by atoms with E-state index in [2.05, 4.69) is 39.0 Å². The molecule has 140 valence electrons. The van der Waals surface area contributed by atoms with Crippen molar-refractivity contribution >= 4 is 52.7 Å². The third-order valence-corrected chi connectivity index (χ3v) is 8.15. The van der Waals surface area contributed by atoms with E-state index in [0.29, 0.717) is 18.2 Å². The third kappa shape index (κ3) is 3.29. The van der Waals surface area contributed by atoms with E-state index in [9.17, 15) is 9.59 Å². The Morgan fingerprint density at radius 3 is 2.08 bits per heavy atom. The Morgan fingerprint density at radius 2 is 1.58 bits per heavy atom. The topological polar surface area (TPSA) is 40.6 Å². The van der Waals surface area contributed by atoms with Crippen LogP contribution in [0.1, 0.15) is 34.6 Å². The summed E-state index contributed by atoms with van der Waals surface area (Å²) in [6.07, 6.45) is 6.67. The van der Waals surface area contributed by atoms with Gasteiger partial charge in [-0.2, -0.15) is 0 Å². The standard InChI is InChI=1S/C19H24N2O2S3/c1-6-20-15(22)14(16(23)21(7-2)18(20)24)17-25-12-9-8-11(19(3,4)5)10-13(12)26-17/h8-10,12-13H,6-7H2,1-5H3. The summed E-state index contributed by atoms with van der Waals surface area (Å²) in [5, 5.41) is 0.823. The zero-order chi connectivity index (χ0) is 19.2. The fraction of sp³-hybridized carbons (Fsp3) is 0.526. The van der Waals surface area contributed by atoms with Crippen molar-refractivity contribution in [3.8, 4) is 0 Å². The summed E-state index contributed by atoms with van der Waals surface area (Å²) in [6.45, 7) is 11.3. The van der Waals surface area contributed by atoms with Crippen LogP contribution < -0.4 is 0 Å². The van der Waals surface area contributed by atoms with Gasteiger partial charge in [0.25, 0.3) is 11.8 Å². The summed E-state index contributed by atoms with van der Waals surface area (Å²) in [7, 11) is 0. The molecule has 2 fully saturated rings. The fourth-order valence-corrected chi connectivity index (χ4v) is 6.68. The predicted molar refractivity (Wildman–Crippen MR) is 114 cm³/mol. The van der Waals surface area contributed by atoms with Crippen LogP contribution in [-0.4, -0.2) is 50.3 Å². The van der Waals surface area contributed by atoms with E-state index in [1.54, 1.807) is 23.5 Å². The van der Waals surface area contributed by atoms with Crippen molar-refractivity contribution < 1.29 is 9.59 Å². The second kappa shape index (κ2) is 7.17. The van der Waals surface area contributed by atoms with Gasteiger partial charge in [-0.25, -0.2) is 0 Å². The van der Waals surface area contributed by atoms with E-state index < -0.39 is 0 Å². The maximum absolute atomic E-state index is 12.9. The highest BCUT2D eigenvalue weighted by Crippen LogP contribution is 2.52. The van der Waals surface area contributed by atoms with Gasteiger partial charge in [0.15, 0.2) is 5.11 Å². The molecule has 2 aliphatic heterocycles. The summed E-state index contributed by atoms with van der Waals surface area (Å²) in [4.78, 5) is 28.9. The lowest BCUT2D eigenvalue weighted by atomic mass is 9.83. The number of nitrogens with zero attached hydrogens (tertiary/aromatic N) is 2. The molecule has 0 aromatic heterocycles. The third-order valence-electron chi connectivity index (χ3n) is 4.70. The van der Waals surface area contributed by atoms with Gasteiger partial charge >= 0.3 is 0 Å². The van der Waals surface area contributed by atoms with Crippen LogP contribution in [0.15, 0.2) is 33.6 Å². The summed E-state index contributed by atoms with van der Waals surface area (Å²) in [5.41, 5.74) is 1.67. The van der Waals surface area contributed by atoms with E-state index in [1.165, 1.54) is 15.4 Å². The molecule has 0 radical (unpaired) electrons. The van der Waals surface area contributed by atoms with Crippen LogP contribution in [0.2, 0.25) is 0 Å². The van der Waals surface area contributed by atoms with E-state index in [0.717, 1.165) is 4.24 Å². The second-order valence-corrected chi connectivity index (χ2v) is 10.4. The molecule has 0 aromatic carbocycles. The first-order valence-corrected chi connectivity index (χ1v) is 11.0. The Labute approximate surface area is 169 Å². The molecule has 0 aromatic rings. The first kappa shape index (κ1) is 19.7. The van der Waals surface area contributed by atoms with Gasteiger partial charge in [-0.05, 0) is 37.1 Å². The van der Waals surface area contributed by atoms with Crippen LogP contribution in [0, 0.1) is 5.41 Å². The van der Waals surface area contributed by atoms with Crippen molar-refractivity contribution in [1.29, 1.82) is 0 Å². The Balaban J connectivity index is 1.97. The lowest BCUT2D eigenvalue weighted by Gasteiger charge is -2.35. The zero-order valence-electron chi connectivity index (χ0n) is 15.7. The highest BCUT2D eigenvalue weighted by atomic mass is 32.2. The number of hydrogen-bond acceptors (Lipinski definition) is 5. The largest absolute Gasteiger partial charge is 0.285 e. The van der Waals surface area contributed by atoms with Crippen LogP contribution in [0.25, 0.3) is 0 Å². The maximum atomic E-state index is 12.9. The summed E-state index contributed by atoms with van der Waals surface area (Å²) in [6, 6.07) is 0.